The Morgan fingerprint density at radius 1 is 1.09 bits per heavy atom. The minimum Gasteiger partial charge on any atom is -0.380 e. The standard InChI is InChI=1S/C34H31N3O6/c1-5-26(35)29(39)27(18(3)38)30(40)34(31(41)28-19-9-11-24(28)17(2)13-19)22-8-6-7-20(14-22)32-36-33(43-37-32)25-12-10-23(34)15-21(25)16-42-4/h6-15,26-28H,5,16,35H2,1-4H3. The lowest BCUT2D eigenvalue weighted by Gasteiger charge is -2.37. The summed E-state index contributed by atoms with van der Waals surface area (Å²) in [6.45, 7) is 4.92. The summed E-state index contributed by atoms with van der Waals surface area (Å²) in [7, 11) is 1.53. The van der Waals surface area contributed by atoms with Gasteiger partial charge in [-0.3, -0.25) is 19.2 Å². The Labute approximate surface area is 248 Å². The van der Waals surface area contributed by atoms with Crippen LogP contribution in [-0.4, -0.2) is 46.4 Å². The van der Waals surface area contributed by atoms with Gasteiger partial charge >= 0.3 is 0 Å². The highest BCUT2D eigenvalue weighted by molar-refractivity contribution is 6.30. The summed E-state index contributed by atoms with van der Waals surface area (Å²) in [5, 5.41) is 4.16. The predicted molar refractivity (Wildman–Crippen MR) is 158 cm³/mol. The van der Waals surface area contributed by atoms with E-state index in [0.717, 1.165) is 16.7 Å². The zero-order valence-electron chi connectivity index (χ0n) is 24.3. The Hall–Kier alpha value is -4.60. The highest BCUT2D eigenvalue weighted by atomic mass is 16.5. The number of hydrogen-bond acceptors (Lipinski definition) is 9. The monoisotopic (exact) mass is 577 g/mol. The molecule has 2 aliphatic carbocycles. The van der Waals surface area contributed by atoms with Crippen LogP contribution in [0.15, 0.2) is 81.9 Å². The second-order valence-electron chi connectivity index (χ2n) is 11.3. The van der Waals surface area contributed by atoms with E-state index in [0.29, 0.717) is 27.8 Å². The lowest BCUT2D eigenvalue weighted by atomic mass is 9.60. The van der Waals surface area contributed by atoms with Crippen LogP contribution < -0.4 is 5.73 Å². The van der Waals surface area contributed by atoms with Gasteiger partial charge in [0.2, 0.25) is 5.82 Å². The second kappa shape index (κ2) is 10.6. The Kier molecular flexibility index (Phi) is 7.02. The number of hydrogen-bond donors (Lipinski definition) is 1. The van der Waals surface area contributed by atoms with Gasteiger partial charge in [-0.15, -0.1) is 0 Å². The number of fused-ring (bicyclic) bond motifs is 4. The van der Waals surface area contributed by atoms with Crippen molar-refractivity contribution < 1.29 is 28.4 Å². The smallest absolute Gasteiger partial charge is 0.258 e. The van der Waals surface area contributed by atoms with Gasteiger partial charge in [0.1, 0.15) is 17.1 Å². The van der Waals surface area contributed by atoms with Crippen molar-refractivity contribution in [2.24, 2.45) is 17.6 Å². The molecule has 7 rings (SSSR count). The van der Waals surface area contributed by atoms with Gasteiger partial charge in [0, 0.05) is 18.2 Å². The molecule has 1 aromatic heterocycles. The number of ether oxygens (including phenoxy) is 1. The number of ketones is 4. The van der Waals surface area contributed by atoms with E-state index in [2.05, 4.69) is 10.1 Å². The van der Waals surface area contributed by atoms with Gasteiger partial charge in [0.05, 0.1) is 18.6 Å². The van der Waals surface area contributed by atoms with Crippen LogP contribution in [0.2, 0.25) is 0 Å². The van der Waals surface area contributed by atoms with Crippen LogP contribution in [0.25, 0.3) is 22.8 Å². The maximum Gasteiger partial charge on any atom is 0.258 e. The van der Waals surface area contributed by atoms with Gasteiger partial charge in [0.25, 0.3) is 5.89 Å². The molecule has 3 heterocycles. The fourth-order valence-electron chi connectivity index (χ4n) is 6.55. The topological polar surface area (TPSA) is 142 Å². The zero-order valence-corrected chi connectivity index (χ0v) is 24.3. The molecule has 2 N–H and O–H groups in total. The first-order valence-corrected chi connectivity index (χ1v) is 14.2. The van der Waals surface area contributed by atoms with Crippen molar-refractivity contribution in [3.63, 3.8) is 0 Å². The fraction of sp³-hybridized carbons (Fsp3) is 0.294. The number of aromatic nitrogens is 2. The average molecular weight is 578 g/mol. The van der Waals surface area contributed by atoms with Crippen molar-refractivity contribution in [3.8, 4) is 22.8 Å². The van der Waals surface area contributed by atoms with Crippen molar-refractivity contribution in [2.75, 3.05) is 7.11 Å². The van der Waals surface area contributed by atoms with E-state index >= 15 is 9.59 Å². The normalized spacial score (nSPS) is 21.0. The van der Waals surface area contributed by atoms with Crippen LogP contribution in [0.5, 0.6) is 0 Å². The highest BCUT2D eigenvalue weighted by Gasteiger charge is 2.57. The molecule has 3 aromatic rings. The molecule has 9 heteroatoms. The number of carbonyl (C=O) groups is 4. The summed E-state index contributed by atoms with van der Waals surface area (Å²) < 4.78 is 11.1. The lowest BCUT2D eigenvalue weighted by Crippen LogP contribution is -2.55. The molecule has 8 bridgehead atoms. The zero-order chi connectivity index (χ0) is 30.6. The molecule has 2 aliphatic heterocycles. The number of rotatable bonds is 10. The van der Waals surface area contributed by atoms with Crippen LogP contribution in [0.1, 0.15) is 43.9 Å². The van der Waals surface area contributed by atoms with Gasteiger partial charge in [-0.05, 0) is 65.8 Å². The Bertz CT molecular complexity index is 1810. The molecule has 4 unspecified atom stereocenters. The summed E-state index contributed by atoms with van der Waals surface area (Å²) >= 11 is 0. The summed E-state index contributed by atoms with van der Waals surface area (Å²) in [6.07, 6.45) is 5.90. The molecule has 218 valence electrons. The van der Waals surface area contributed by atoms with Crippen LogP contribution >= 0.6 is 0 Å². The minimum absolute atomic E-state index is 0.104. The largest absolute Gasteiger partial charge is 0.380 e. The molecular formula is C34H31N3O6. The lowest BCUT2D eigenvalue weighted by molar-refractivity contribution is -0.144. The van der Waals surface area contributed by atoms with E-state index in [1.54, 1.807) is 49.4 Å². The van der Waals surface area contributed by atoms with Gasteiger partial charge in [0.15, 0.2) is 17.3 Å². The quantitative estimate of drug-likeness (QED) is 0.350. The van der Waals surface area contributed by atoms with Crippen molar-refractivity contribution >= 4 is 23.1 Å². The fourth-order valence-corrected chi connectivity index (χ4v) is 6.55. The van der Waals surface area contributed by atoms with E-state index in [-0.39, 0.29) is 24.7 Å². The molecular weight excluding hydrogens is 546 g/mol. The third kappa shape index (κ3) is 4.22. The number of benzene rings is 2. The van der Waals surface area contributed by atoms with Crippen molar-refractivity contribution in [2.45, 2.75) is 45.3 Å². The third-order valence-electron chi connectivity index (χ3n) is 8.75. The maximum absolute atomic E-state index is 15.3. The van der Waals surface area contributed by atoms with E-state index in [1.807, 2.05) is 25.2 Å². The second-order valence-corrected chi connectivity index (χ2v) is 11.3. The number of nitrogens with two attached hydrogens (primary N) is 1. The first-order chi connectivity index (χ1) is 20.6. The van der Waals surface area contributed by atoms with Crippen LogP contribution in [0.4, 0.5) is 0 Å². The van der Waals surface area contributed by atoms with Crippen molar-refractivity contribution in [1.82, 2.24) is 10.1 Å². The Balaban J connectivity index is 1.72. The molecule has 9 nitrogen and oxygen atoms in total. The predicted octanol–water partition coefficient (Wildman–Crippen LogP) is 4.24. The third-order valence-corrected chi connectivity index (χ3v) is 8.75. The van der Waals surface area contributed by atoms with E-state index in [1.165, 1.54) is 14.0 Å². The van der Waals surface area contributed by atoms with Crippen LogP contribution in [-0.2, 0) is 35.9 Å². The molecule has 0 spiro atoms. The summed E-state index contributed by atoms with van der Waals surface area (Å²) in [6, 6.07) is 10.8. The van der Waals surface area contributed by atoms with Crippen LogP contribution in [0.3, 0.4) is 0 Å². The molecule has 0 radical (unpaired) electrons. The molecule has 4 aliphatic rings. The molecule has 2 aromatic carbocycles. The highest BCUT2D eigenvalue weighted by Crippen LogP contribution is 2.49. The molecule has 0 amide bonds. The molecule has 0 saturated carbocycles. The first kappa shape index (κ1) is 28.5. The van der Waals surface area contributed by atoms with E-state index in [4.69, 9.17) is 15.0 Å². The SMILES string of the molecule is CCC(N)C(=O)C(C(C)=O)C(=O)C1(C(=O)C2C3=CC(C)=C2C=C3)c2cccc(c2)-c2noc(n2)-c2ccc1cc2COC. The van der Waals surface area contributed by atoms with Crippen molar-refractivity contribution in [3.05, 3.63) is 94.1 Å². The van der Waals surface area contributed by atoms with Crippen LogP contribution in [0, 0.1) is 11.8 Å². The van der Waals surface area contributed by atoms with Crippen molar-refractivity contribution in [1.29, 1.82) is 0 Å². The summed E-state index contributed by atoms with van der Waals surface area (Å²) in [4.78, 5) is 62.1. The van der Waals surface area contributed by atoms with E-state index in [9.17, 15) is 9.59 Å². The van der Waals surface area contributed by atoms with Gasteiger partial charge in [-0.25, -0.2) is 0 Å². The number of methoxy groups -OCH3 is 1. The molecule has 4 atom stereocenters. The first-order valence-electron chi connectivity index (χ1n) is 14.2. The average Bonchev–Trinajstić information content (AvgIpc) is 3.72. The number of allylic oxidation sites excluding steroid dienone is 6. The maximum atomic E-state index is 15.3. The molecule has 0 fully saturated rings. The number of carbonyl (C=O) groups excluding carboxylic acids is 4. The Morgan fingerprint density at radius 3 is 2.51 bits per heavy atom. The molecule has 43 heavy (non-hydrogen) atoms. The summed E-state index contributed by atoms with van der Waals surface area (Å²) in [5.74, 6) is -4.68. The van der Waals surface area contributed by atoms with Gasteiger partial charge in [-0.1, -0.05) is 60.6 Å². The summed E-state index contributed by atoms with van der Waals surface area (Å²) in [5.41, 5.74) is 8.79. The number of Topliss-reactive ketones (excluding diaryl/α,β-unsaturated/α-hetero) is 4. The number of nitrogens with zero attached hydrogens (tertiary/aromatic N) is 2. The minimum atomic E-state index is -2.07. The molecule has 0 saturated heterocycles. The van der Waals surface area contributed by atoms with Gasteiger partial charge in [-0.2, -0.15) is 4.98 Å². The van der Waals surface area contributed by atoms with E-state index < -0.39 is 46.4 Å². The Morgan fingerprint density at radius 2 is 1.86 bits per heavy atom. The van der Waals surface area contributed by atoms with Gasteiger partial charge < -0.3 is 15.0 Å².